The van der Waals surface area contributed by atoms with E-state index >= 15 is 0 Å². The summed E-state index contributed by atoms with van der Waals surface area (Å²) in [4.78, 5) is 13.2. The molecule has 1 saturated heterocycles. The predicted octanol–water partition coefficient (Wildman–Crippen LogP) is 2.16. The average molecular weight is 210 g/mol. The van der Waals surface area contributed by atoms with Crippen molar-refractivity contribution in [3.63, 3.8) is 0 Å². The number of amides is 1. The number of ether oxygens (including phenoxy) is 1. The minimum Gasteiger partial charge on any atom is -0.449 e. The van der Waals surface area contributed by atoms with E-state index in [9.17, 15) is 4.79 Å². The molecule has 1 aliphatic rings. The molecule has 1 fully saturated rings. The number of nitrogens with zero attached hydrogens (tertiary/aromatic N) is 2. The fourth-order valence-electron chi connectivity index (χ4n) is 1.61. The zero-order valence-corrected chi connectivity index (χ0v) is 9.40. The Bertz CT molecular complexity index is 258. The van der Waals surface area contributed by atoms with Gasteiger partial charge in [0.2, 0.25) is 0 Å². The lowest BCUT2D eigenvalue weighted by atomic mass is 10.0. The van der Waals surface area contributed by atoms with Crippen LogP contribution in [-0.2, 0) is 4.74 Å². The molecule has 4 nitrogen and oxygen atoms in total. The zero-order valence-electron chi connectivity index (χ0n) is 9.40. The van der Waals surface area contributed by atoms with Gasteiger partial charge in [-0.15, -0.1) is 0 Å². The lowest BCUT2D eigenvalue weighted by molar-refractivity contribution is 0.0756. The molecule has 4 heteroatoms. The summed E-state index contributed by atoms with van der Waals surface area (Å²) in [7, 11) is 0. The van der Waals surface area contributed by atoms with Crippen molar-refractivity contribution < 1.29 is 9.53 Å². The molecule has 0 aliphatic carbocycles. The molecule has 0 saturated carbocycles. The number of carbonyl (C=O) groups excluding carboxylic acids is 1. The minimum absolute atomic E-state index is 0.293. The van der Waals surface area contributed by atoms with Crippen LogP contribution in [0.3, 0.4) is 0 Å². The zero-order chi connectivity index (χ0) is 11.3. The quantitative estimate of drug-likeness (QED) is 0.701. The smallest absolute Gasteiger partial charge is 0.410 e. The molecule has 1 amide bonds. The molecule has 0 aromatic carbocycles. The molecular formula is C11H18N2O2. The molecule has 1 heterocycles. The maximum atomic E-state index is 11.6. The van der Waals surface area contributed by atoms with Crippen molar-refractivity contribution in [3.8, 4) is 6.07 Å². The van der Waals surface area contributed by atoms with Crippen LogP contribution in [-0.4, -0.2) is 30.2 Å². The summed E-state index contributed by atoms with van der Waals surface area (Å²) >= 11 is 0. The van der Waals surface area contributed by atoms with Crippen LogP contribution in [0.2, 0.25) is 0 Å². The Morgan fingerprint density at radius 1 is 1.60 bits per heavy atom. The standard InChI is InChI=1S/C11H18N2O2/c1-9(2)8-15-11(14)13-6-4-3-5-10(13)7-12/h9-10H,3-6,8H2,1-2H3. The first kappa shape index (κ1) is 11.8. The van der Waals surface area contributed by atoms with Crippen LogP contribution in [0.15, 0.2) is 0 Å². The van der Waals surface area contributed by atoms with Crippen molar-refractivity contribution >= 4 is 6.09 Å². The SMILES string of the molecule is CC(C)COC(=O)N1CCCCC1C#N. The average Bonchev–Trinajstić information content (AvgIpc) is 2.25. The normalized spacial score (nSPS) is 21.2. The Labute approximate surface area is 90.8 Å². The van der Waals surface area contributed by atoms with Crippen molar-refractivity contribution in [2.24, 2.45) is 5.92 Å². The summed E-state index contributed by atoms with van der Waals surface area (Å²) in [5.41, 5.74) is 0. The molecule has 1 rings (SSSR count). The van der Waals surface area contributed by atoms with Gasteiger partial charge in [0.15, 0.2) is 0 Å². The van der Waals surface area contributed by atoms with Crippen LogP contribution in [0.25, 0.3) is 0 Å². The second-order valence-corrected chi connectivity index (χ2v) is 4.30. The summed E-state index contributed by atoms with van der Waals surface area (Å²) in [5, 5.41) is 8.89. The molecule has 1 aliphatic heterocycles. The van der Waals surface area contributed by atoms with Gasteiger partial charge in [-0.25, -0.2) is 4.79 Å². The van der Waals surface area contributed by atoms with Gasteiger partial charge >= 0.3 is 6.09 Å². The Morgan fingerprint density at radius 2 is 2.33 bits per heavy atom. The molecule has 0 spiro atoms. The molecular weight excluding hydrogens is 192 g/mol. The Morgan fingerprint density at radius 3 is 2.93 bits per heavy atom. The summed E-state index contributed by atoms with van der Waals surface area (Å²) < 4.78 is 5.11. The summed E-state index contributed by atoms with van der Waals surface area (Å²) in [6.45, 7) is 5.05. The third kappa shape index (κ3) is 3.43. The van der Waals surface area contributed by atoms with E-state index in [2.05, 4.69) is 6.07 Å². The molecule has 1 unspecified atom stereocenters. The molecule has 0 radical (unpaired) electrons. The van der Waals surface area contributed by atoms with Gasteiger partial charge in [-0.3, -0.25) is 4.90 Å². The van der Waals surface area contributed by atoms with Crippen molar-refractivity contribution in [1.82, 2.24) is 4.90 Å². The first-order chi connectivity index (χ1) is 7.15. The monoisotopic (exact) mass is 210 g/mol. The van der Waals surface area contributed by atoms with Crippen LogP contribution >= 0.6 is 0 Å². The number of likely N-dealkylation sites (tertiary alicyclic amines) is 1. The number of hydrogen-bond donors (Lipinski definition) is 0. The molecule has 0 aromatic heterocycles. The molecule has 1 atom stereocenters. The van der Waals surface area contributed by atoms with Gasteiger partial charge in [0, 0.05) is 6.54 Å². The second-order valence-electron chi connectivity index (χ2n) is 4.30. The Hall–Kier alpha value is -1.24. The Kier molecular flexibility index (Phi) is 4.41. The van der Waals surface area contributed by atoms with Crippen LogP contribution in [0.5, 0.6) is 0 Å². The van der Waals surface area contributed by atoms with E-state index in [0.29, 0.717) is 19.1 Å². The fraction of sp³-hybridized carbons (Fsp3) is 0.818. The van der Waals surface area contributed by atoms with Crippen molar-refractivity contribution in [3.05, 3.63) is 0 Å². The largest absolute Gasteiger partial charge is 0.449 e. The van der Waals surface area contributed by atoms with E-state index in [1.165, 1.54) is 0 Å². The number of rotatable bonds is 2. The van der Waals surface area contributed by atoms with Crippen LogP contribution in [0.4, 0.5) is 4.79 Å². The van der Waals surface area contributed by atoms with Gasteiger partial charge in [-0.1, -0.05) is 13.8 Å². The minimum atomic E-state index is -0.338. The van der Waals surface area contributed by atoms with Crippen LogP contribution in [0, 0.1) is 17.2 Å². The topological polar surface area (TPSA) is 53.3 Å². The molecule has 0 bridgehead atoms. The first-order valence-electron chi connectivity index (χ1n) is 5.48. The highest BCUT2D eigenvalue weighted by atomic mass is 16.6. The van der Waals surface area contributed by atoms with Gasteiger partial charge in [0.05, 0.1) is 12.7 Å². The Balaban J connectivity index is 2.46. The van der Waals surface area contributed by atoms with E-state index in [-0.39, 0.29) is 12.1 Å². The maximum Gasteiger partial charge on any atom is 0.410 e. The maximum absolute atomic E-state index is 11.6. The third-order valence-corrected chi connectivity index (χ3v) is 2.43. The summed E-state index contributed by atoms with van der Waals surface area (Å²) in [6.07, 6.45) is 2.42. The van der Waals surface area contributed by atoms with Gasteiger partial charge in [0.1, 0.15) is 6.04 Å². The lowest BCUT2D eigenvalue weighted by Crippen LogP contribution is -2.43. The number of nitriles is 1. The van der Waals surface area contributed by atoms with Crippen molar-refractivity contribution in [2.45, 2.75) is 39.2 Å². The van der Waals surface area contributed by atoms with E-state index in [4.69, 9.17) is 10.00 Å². The van der Waals surface area contributed by atoms with E-state index < -0.39 is 0 Å². The highest BCUT2D eigenvalue weighted by molar-refractivity contribution is 5.68. The fourth-order valence-corrected chi connectivity index (χ4v) is 1.61. The molecule has 0 aromatic rings. The first-order valence-corrected chi connectivity index (χ1v) is 5.48. The van der Waals surface area contributed by atoms with E-state index in [1.54, 1.807) is 4.90 Å². The van der Waals surface area contributed by atoms with Crippen molar-refractivity contribution in [2.75, 3.05) is 13.2 Å². The summed E-state index contributed by atoms with van der Waals surface area (Å²) in [6, 6.07) is 1.85. The molecule has 15 heavy (non-hydrogen) atoms. The van der Waals surface area contributed by atoms with Gasteiger partial charge in [-0.05, 0) is 25.2 Å². The number of hydrogen-bond acceptors (Lipinski definition) is 3. The summed E-state index contributed by atoms with van der Waals surface area (Å²) in [5.74, 6) is 0.333. The molecule has 84 valence electrons. The lowest BCUT2D eigenvalue weighted by Gasteiger charge is -2.30. The van der Waals surface area contributed by atoms with E-state index in [1.807, 2.05) is 13.8 Å². The number of carbonyl (C=O) groups is 1. The van der Waals surface area contributed by atoms with Crippen LogP contribution in [0.1, 0.15) is 33.1 Å². The number of piperidine rings is 1. The van der Waals surface area contributed by atoms with E-state index in [0.717, 1.165) is 19.3 Å². The predicted molar refractivity (Wildman–Crippen MR) is 56.1 cm³/mol. The second kappa shape index (κ2) is 5.59. The highest BCUT2D eigenvalue weighted by Gasteiger charge is 2.27. The van der Waals surface area contributed by atoms with Gasteiger partial charge in [-0.2, -0.15) is 5.26 Å². The molecule has 0 N–H and O–H groups in total. The van der Waals surface area contributed by atoms with Gasteiger partial charge < -0.3 is 4.74 Å². The van der Waals surface area contributed by atoms with Gasteiger partial charge in [0.25, 0.3) is 0 Å². The highest BCUT2D eigenvalue weighted by Crippen LogP contribution is 2.17. The van der Waals surface area contributed by atoms with Crippen molar-refractivity contribution in [1.29, 1.82) is 5.26 Å². The van der Waals surface area contributed by atoms with Crippen LogP contribution < -0.4 is 0 Å². The third-order valence-electron chi connectivity index (χ3n) is 2.43.